The van der Waals surface area contributed by atoms with Gasteiger partial charge in [0.05, 0.1) is 10.6 Å². The van der Waals surface area contributed by atoms with Gasteiger partial charge in [-0.1, -0.05) is 29.8 Å². The molecule has 0 atom stereocenters. The summed E-state index contributed by atoms with van der Waals surface area (Å²) in [5, 5.41) is 11.7. The minimum absolute atomic E-state index is 0.132. The number of nitrogens with zero attached hydrogens (tertiary/aromatic N) is 3. The molecule has 2 fully saturated rings. The Morgan fingerprint density at radius 1 is 0.939 bits per heavy atom. The normalized spacial score (nSPS) is 17.6. The quantitative estimate of drug-likeness (QED) is 0.622. The number of amides is 2. The molecule has 1 aromatic heterocycles. The number of aromatic nitrogens is 1. The van der Waals surface area contributed by atoms with Crippen molar-refractivity contribution in [1.82, 2.24) is 14.4 Å². The highest BCUT2D eigenvalue weighted by Crippen LogP contribution is 2.37. The molecule has 0 bridgehead atoms. The van der Waals surface area contributed by atoms with Gasteiger partial charge in [-0.25, -0.2) is 0 Å². The number of fused-ring (bicyclic) bond motifs is 1. The van der Waals surface area contributed by atoms with E-state index >= 15 is 0 Å². The Hall–Kier alpha value is -2.83. The van der Waals surface area contributed by atoms with Crippen LogP contribution < -0.4 is 0 Å². The van der Waals surface area contributed by atoms with Gasteiger partial charge in [0.15, 0.2) is 0 Å². The number of carbonyl (C=O) groups excluding carboxylic acids is 2. The van der Waals surface area contributed by atoms with E-state index in [-0.39, 0.29) is 11.8 Å². The summed E-state index contributed by atoms with van der Waals surface area (Å²) < 4.78 is 2.24. The molecule has 1 saturated heterocycles. The standard InChI is InChI=1S/C26H28ClN3O3/c1-17(2)30-10-7-18-3-4-20(16-23(18)30)19-5-6-21(22(27)15-19)24(31)28-11-13-29(14-12-28)25(32)26(33)8-9-26/h3-7,10,15-17,33H,8-9,11-14H2,1-2H3. The molecule has 7 heteroatoms. The fourth-order valence-electron chi connectivity index (χ4n) is 4.56. The third kappa shape index (κ3) is 4.02. The molecule has 5 rings (SSSR count). The second-order valence-electron chi connectivity index (χ2n) is 9.40. The lowest BCUT2D eigenvalue weighted by Gasteiger charge is -2.36. The van der Waals surface area contributed by atoms with Crippen molar-refractivity contribution in [2.45, 2.75) is 38.3 Å². The van der Waals surface area contributed by atoms with Crippen LogP contribution in [0.3, 0.4) is 0 Å². The number of carbonyl (C=O) groups is 2. The Morgan fingerprint density at radius 2 is 1.58 bits per heavy atom. The topological polar surface area (TPSA) is 65.8 Å². The average Bonchev–Trinajstić information content (AvgIpc) is 3.42. The fraction of sp³-hybridized carbons (Fsp3) is 0.385. The first-order chi connectivity index (χ1) is 15.8. The van der Waals surface area contributed by atoms with E-state index in [4.69, 9.17) is 11.6 Å². The van der Waals surface area contributed by atoms with Gasteiger partial charge in [-0.2, -0.15) is 0 Å². The predicted molar refractivity (Wildman–Crippen MR) is 129 cm³/mol. The van der Waals surface area contributed by atoms with Crippen LogP contribution >= 0.6 is 11.6 Å². The average molecular weight is 466 g/mol. The third-order valence-electron chi connectivity index (χ3n) is 6.79. The Bertz CT molecular complexity index is 1240. The van der Waals surface area contributed by atoms with Gasteiger partial charge in [0, 0.05) is 43.9 Å². The highest BCUT2D eigenvalue weighted by atomic mass is 35.5. The van der Waals surface area contributed by atoms with Crippen LogP contribution in [0.4, 0.5) is 0 Å². The van der Waals surface area contributed by atoms with Crippen molar-refractivity contribution in [2.75, 3.05) is 26.2 Å². The van der Waals surface area contributed by atoms with Crippen LogP contribution in [-0.4, -0.2) is 63.1 Å². The van der Waals surface area contributed by atoms with E-state index in [2.05, 4.69) is 48.9 Å². The maximum atomic E-state index is 13.1. The number of halogens is 1. The molecule has 2 aliphatic rings. The summed E-state index contributed by atoms with van der Waals surface area (Å²) in [7, 11) is 0. The molecular weight excluding hydrogens is 438 g/mol. The van der Waals surface area contributed by atoms with Crippen LogP contribution in [0.1, 0.15) is 43.1 Å². The number of hydrogen-bond acceptors (Lipinski definition) is 3. The molecule has 3 aromatic rings. The minimum atomic E-state index is -1.16. The molecule has 1 aliphatic heterocycles. The molecule has 2 aromatic carbocycles. The lowest BCUT2D eigenvalue weighted by molar-refractivity contribution is -0.143. The smallest absolute Gasteiger partial charge is 0.255 e. The van der Waals surface area contributed by atoms with E-state index in [1.165, 1.54) is 10.9 Å². The number of hydrogen-bond donors (Lipinski definition) is 1. The van der Waals surface area contributed by atoms with Crippen LogP contribution in [0.15, 0.2) is 48.7 Å². The van der Waals surface area contributed by atoms with Crippen molar-refractivity contribution < 1.29 is 14.7 Å². The number of aliphatic hydroxyl groups is 1. The fourth-order valence-corrected chi connectivity index (χ4v) is 4.82. The van der Waals surface area contributed by atoms with E-state index in [1.54, 1.807) is 15.9 Å². The van der Waals surface area contributed by atoms with Gasteiger partial charge in [0.1, 0.15) is 5.60 Å². The second-order valence-corrected chi connectivity index (χ2v) is 9.81. The molecule has 0 unspecified atom stereocenters. The summed E-state index contributed by atoms with van der Waals surface area (Å²) in [5.74, 6) is -0.342. The van der Waals surface area contributed by atoms with Crippen molar-refractivity contribution in [2.24, 2.45) is 0 Å². The Morgan fingerprint density at radius 3 is 2.21 bits per heavy atom. The molecule has 1 saturated carbocycles. The largest absolute Gasteiger partial charge is 0.380 e. The highest BCUT2D eigenvalue weighted by Gasteiger charge is 2.50. The number of rotatable bonds is 4. The first kappa shape index (κ1) is 22.0. The third-order valence-corrected chi connectivity index (χ3v) is 7.10. The van der Waals surface area contributed by atoms with E-state index < -0.39 is 5.60 Å². The van der Waals surface area contributed by atoms with E-state index in [0.717, 1.165) is 11.1 Å². The predicted octanol–water partition coefficient (Wildman–Crippen LogP) is 4.35. The summed E-state index contributed by atoms with van der Waals surface area (Å²) in [5.41, 5.74) is 2.48. The Labute approximate surface area is 198 Å². The van der Waals surface area contributed by atoms with Crippen LogP contribution in [-0.2, 0) is 4.79 Å². The summed E-state index contributed by atoms with van der Waals surface area (Å²) >= 11 is 6.57. The van der Waals surface area contributed by atoms with Gasteiger partial charge in [-0.15, -0.1) is 0 Å². The second kappa shape index (κ2) is 8.19. The van der Waals surface area contributed by atoms with Gasteiger partial charge >= 0.3 is 0 Å². The van der Waals surface area contributed by atoms with Crippen molar-refractivity contribution in [1.29, 1.82) is 0 Å². The van der Waals surface area contributed by atoms with Crippen LogP contribution in [0.2, 0.25) is 5.02 Å². The molecule has 172 valence electrons. The zero-order chi connectivity index (χ0) is 23.3. The summed E-state index contributed by atoms with van der Waals surface area (Å²) in [6.45, 7) is 6.04. The molecule has 33 heavy (non-hydrogen) atoms. The number of piperazine rings is 1. The molecule has 0 spiro atoms. The SMILES string of the molecule is CC(C)n1ccc2ccc(-c3ccc(C(=O)N4CCN(C(=O)C5(O)CC5)CC4)c(Cl)c3)cc21. The van der Waals surface area contributed by atoms with Gasteiger partial charge in [0.2, 0.25) is 0 Å². The van der Waals surface area contributed by atoms with Crippen molar-refractivity contribution >= 4 is 34.3 Å². The Balaban J connectivity index is 1.32. The summed E-state index contributed by atoms with van der Waals surface area (Å²) in [6.07, 6.45) is 3.17. The summed E-state index contributed by atoms with van der Waals surface area (Å²) in [6, 6.07) is 14.4. The molecule has 2 amide bonds. The molecule has 1 N–H and O–H groups in total. The van der Waals surface area contributed by atoms with Gasteiger partial charge in [-0.05, 0) is 67.5 Å². The van der Waals surface area contributed by atoms with E-state index in [0.29, 0.717) is 55.6 Å². The minimum Gasteiger partial charge on any atom is -0.380 e. The van der Waals surface area contributed by atoms with Crippen molar-refractivity contribution in [3.05, 3.63) is 59.2 Å². The van der Waals surface area contributed by atoms with Crippen molar-refractivity contribution in [3.8, 4) is 11.1 Å². The zero-order valence-electron chi connectivity index (χ0n) is 18.9. The lowest BCUT2D eigenvalue weighted by atomic mass is 10.0. The number of benzene rings is 2. The van der Waals surface area contributed by atoms with Gasteiger partial charge < -0.3 is 19.5 Å². The zero-order valence-corrected chi connectivity index (χ0v) is 19.7. The monoisotopic (exact) mass is 465 g/mol. The van der Waals surface area contributed by atoms with Crippen molar-refractivity contribution in [3.63, 3.8) is 0 Å². The van der Waals surface area contributed by atoms with E-state index in [9.17, 15) is 14.7 Å². The first-order valence-corrected chi connectivity index (χ1v) is 11.9. The maximum absolute atomic E-state index is 13.1. The molecule has 2 heterocycles. The van der Waals surface area contributed by atoms with Crippen LogP contribution in [0.25, 0.3) is 22.0 Å². The molecular formula is C26H28ClN3O3. The highest BCUT2D eigenvalue weighted by molar-refractivity contribution is 6.34. The van der Waals surface area contributed by atoms with Crippen LogP contribution in [0, 0.1) is 0 Å². The van der Waals surface area contributed by atoms with Gasteiger partial charge in [-0.3, -0.25) is 9.59 Å². The Kier molecular flexibility index (Phi) is 5.46. The molecule has 1 aliphatic carbocycles. The van der Waals surface area contributed by atoms with E-state index in [1.807, 2.05) is 12.1 Å². The van der Waals surface area contributed by atoms with Crippen LogP contribution in [0.5, 0.6) is 0 Å². The van der Waals surface area contributed by atoms with Gasteiger partial charge in [0.25, 0.3) is 11.8 Å². The first-order valence-electron chi connectivity index (χ1n) is 11.5. The lowest BCUT2D eigenvalue weighted by Crippen LogP contribution is -2.53. The summed E-state index contributed by atoms with van der Waals surface area (Å²) in [4.78, 5) is 28.8. The molecule has 0 radical (unpaired) electrons. The maximum Gasteiger partial charge on any atom is 0.255 e. The molecule has 6 nitrogen and oxygen atoms in total.